The van der Waals surface area contributed by atoms with E-state index >= 15 is 0 Å². The molecule has 3 aromatic carbocycles. The number of aromatic nitrogens is 3. The van der Waals surface area contributed by atoms with Gasteiger partial charge in [0.1, 0.15) is 34.0 Å². The summed E-state index contributed by atoms with van der Waals surface area (Å²) in [4.78, 5) is 0. The van der Waals surface area contributed by atoms with Gasteiger partial charge < -0.3 is 19.3 Å². The number of rotatable bonds is 10. The molecule has 2 N–H and O–H groups in total. The zero-order chi connectivity index (χ0) is 27.4. The number of benzene rings is 3. The Labute approximate surface area is 219 Å². The molecule has 0 saturated carbocycles. The van der Waals surface area contributed by atoms with Crippen molar-refractivity contribution in [2.45, 2.75) is 18.3 Å². The second-order valence-electron chi connectivity index (χ2n) is 8.27. The van der Waals surface area contributed by atoms with E-state index in [1.807, 2.05) is 0 Å². The average Bonchev–Trinajstić information content (AvgIpc) is 3.34. The van der Waals surface area contributed by atoms with Gasteiger partial charge >= 0.3 is 0 Å². The molecule has 38 heavy (non-hydrogen) atoms. The van der Waals surface area contributed by atoms with E-state index in [2.05, 4.69) is 14.9 Å². The summed E-state index contributed by atoms with van der Waals surface area (Å²) in [6, 6.07) is 17.1. The van der Waals surface area contributed by atoms with Crippen LogP contribution in [-0.4, -0.2) is 54.9 Å². The second kappa shape index (κ2) is 11.1. The first-order chi connectivity index (χ1) is 18.2. The van der Waals surface area contributed by atoms with E-state index in [1.54, 1.807) is 42.5 Å². The summed E-state index contributed by atoms with van der Waals surface area (Å²) in [7, 11) is 0.225. The number of sulfonamides is 1. The molecule has 4 rings (SSSR count). The molecule has 200 valence electrons. The average molecular weight is 543 g/mol. The third-order valence-corrected chi connectivity index (χ3v) is 7.70. The zero-order valence-corrected chi connectivity index (χ0v) is 21.9. The molecule has 10 nitrogen and oxygen atoms in total. The SMILES string of the molecule is COc1cccc(-c2nnc(NS(=O)(=O)[C@@H](C)[C@@H](O)c3ccc(F)cc3)n2-c2c(OC)cccc2OC)c1. The molecule has 0 unspecified atom stereocenters. The molecule has 4 aromatic rings. The van der Waals surface area contributed by atoms with Gasteiger partial charge in [0.05, 0.1) is 27.4 Å². The number of ether oxygens (including phenoxy) is 3. The number of aliphatic hydroxyl groups is 1. The molecule has 1 heterocycles. The van der Waals surface area contributed by atoms with Crippen molar-refractivity contribution in [3.05, 3.63) is 78.1 Å². The lowest BCUT2D eigenvalue weighted by atomic mass is 10.1. The highest BCUT2D eigenvalue weighted by molar-refractivity contribution is 7.93. The summed E-state index contributed by atoms with van der Waals surface area (Å²) in [5, 5.41) is 17.8. The predicted octanol–water partition coefficient (Wildman–Crippen LogP) is 3.96. The lowest BCUT2D eigenvalue weighted by Gasteiger charge is -2.21. The highest BCUT2D eigenvalue weighted by Gasteiger charge is 2.32. The van der Waals surface area contributed by atoms with E-state index in [4.69, 9.17) is 14.2 Å². The van der Waals surface area contributed by atoms with Gasteiger partial charge in [-0.3, -0.25) is 9.29 Å². The first kappa shape index (κ1) is 26.9. The Hall–Kier alpha value is -4.16. The number of nitrogens with one attached hydrogen (secondary N) is 1. The van der Waals surface area contributed by atoms with E-state index in [0.29, 0.717) is 28.5 Å². The van der Waals surface area contributed by atoms with Crippen molar-refractivity contribution in [1.82, 2.24) is 14.8 Å². The third kappa shape index (κ3) is 5.27. The van der Waals surface area contributed by atoms with Crippen LogP contribution in [0.15, 0.2) is 66.7 Å². The minimum atomic E-state index is -4.25. The third-order valence-electron chi connectivity index (χ3n) is 6.00. The van der Waals surface area contributed by atoms with Crippen molar-refractivity contribution in [2.24, 2.45) is 0 Å². The van der Waals surface area contributed by atoms with Crippen molar-refractivity contribution in [1.29, 1.82) is 0 Å². The highest BCUT2D eigenvalue weighted by atomic mass is 32.2. The maximum absolute atomic E-state index is 13.4. The zero-order valence-electron chi connectivity index (χ0n) is 21.1. The molecule has 0 aliphatic rings. The van der Waals surface area contributed by atoms with E-state index < -0.39 is 27.2 Å². The number of nitrogens with zero attached hydrogens (tertiary/aromatic N) is 3. The number of hydrogen-bond donors (Lipinski definition) is 2. The Bertz CT molecular complexity index is 1500. The molecule has 0 spiro atoms. The Balaban J connectivity index is 1.84. The van der Waals surface area contributed by atoms with Crippen molar-refractivity contribution in [2.75, 3.05) is 26.1 Å². The predicted molar refractivity (Wildman–Crippen MR) is 140 cm³/mol. The fourth-order valence-corrected chi connectivity index (χ4v) is 4.95. The molecule has 2 atom stereocenters. The lowest BCUT2D eigenvalue weighted by Crippen LogP contribution is -2.31. The van der Waals surface area contributed by atoms with Gasteiger partial charge in [-0.05, 0) is 48.9 Å². The molecule has 1 aromatic heterocycles. The van der Waals surface area contributed by atoms with E-state index in [-0.39, 0.29) is 17.3 Å². The van der Waals surface area contributed by atoms with E-state index in [1.165, 1.54) is 45.0 Å². The number of para-hydroxylation sites is 1. The van der Waals surface area contributed by atoms with Crippen LogP contribution in [-0.2, 0) is 10.0 Å². The maximum Gasteiger partial charge on any atom is 0.243 e. The summed E-state index contributed by atoms with van der Waals surface area (Å²) < 4.78 is 60.5. The van der Waals surface area contributed by atoms with Crippen LogP contribution in [0.5, 0.6) is 17.2 Å². The summed E-state index contributed by atoms with van der Waals surface area (Å²) in [6.07, 6.45) is -1.44. The number of hydrogen-bond acceptors (Lipinski definition) is 8. The normalized spacial score (nSPS) is 13.0. The van der Waals surface area contributed by atoms with Gasteiger partial charge in [0, 0.05) is 5.56 Å². The van der Waals surface area contributed by atoms with Crippen LogP contribution in [0.1, 0.15) is 18.6 Å². The van der Waals surface area contributed by atoms with Crippen LogP contribution in [0, 0.1) is 5.82 Å². The van der Waals surface area contributed by atoms with Gasteiger partial charge in [-0.15, -0.1) is 10.2 Å². The number of anilines is 1. The molecular formula is C26H27FN4O6S. The second-order valence-corrected chi connectivity index (χ2v) is 10.3. The molecular weight excluding hydrogens is 515 g/mol. The van der Waals surface area contributed by atoms with Gasteiger partial charge in [-0.25, -0.2) is 12.8 Å². The summed E-state index contributed by atoms with van der Waals surface area (Å²) in [5.74, 6) is 0.905. The van der Waals surface area contributed by atoms with Gasteiger partial charge in [-0.1, -0.05) is 30.3 Å². The van der Waals surface area contributed by atoms with Gasteiger partial charge in [0.25, 0.3) is 0 Å². The first-order valence-corrected chi connectivity index (χ1v) is 13.0. The minimum Gasteiger partial charge on any atom is -0.497 e. The monoisotopic (exact) mass is 542 g/mol. The smallest absolute Gasteiger partial charge is 0.243 e. The first-order valence-electron chi connectivity index (χ1n) is 11.5. The van der Waals surface area contributed by atoms with Crippen molar-refractivity contribution in [3.8, 4) is 34.3 Å². The summed E-state index contributed by atoms with van der Waals surface area (Å²) >= 11 is 0. The molecule has 0 fully saturated rings. The van der Waals surface area contributed by atoms with Crippen LogP contribution < -0.4 is 18.9 Å². The lowest BCUT2D eigenvalue weighted by molar-refractivity contribution is 0.176. The van der Waals surface area contributed by atoms with Crippen LogP contribution in [0.4, 0.5) is 10.3 Å². The standard InChI is InChI=1S/C26H27FN4O6S/c1-16(24(32)17-11-13-19(27)14-12-17)38(33,34)30-26-29-28-25(18-7-5-8-20(15-18)35-2)31(26)23-21(36-3)9-6-10-22(23)37-4/h5-16,24,32H,1-4H3,(H,29,30)/t16-,24+/m0/s1. The Morgan fingerprint density at radius 2 is 1.55 bits per heavy atom. The summed E-state index contributed by atoms with van der Waals surface area (Å²) in [5.41, 5.74) is 1.17. The topological polar surface area (TPSA) is 125 Å². The molecule has 0 amide bonds. The van der Waals surface area contributed by atoms with E-state index in [9.17, 15) is 17.9 Å². The van der Waals surface area contributed by atoms with Crippen LogP contribution in [0.25, 0.3) is 17.1 Å². The highest BCUT2D eigenvalue weighted by Crippen LogP contribution is 2.38. The fraction of sp³-hybridized carbons (Fsp3) is 0.231. The Morgan fingerprint density at radius 1 is 0.921 bits per heavy atom. The van der Waals surface area contributed by atoms with Crippen molar-refractivity contribution < 1.29 is 32.1 Å². The quantitative estimate of drug-likeness (QED) is 0.309. The van der Waals surface area contributed by atoms with Crippen molar-refractivity contribution in [3.63, 3.8) is 0 Å². The maximum atomic E-state index is 13.4. The molecule has 0 saturated heterocycles. The van der Waals surface area contributed by atoms with Crippen LogP contribution in [0.2, 0.25) is 0 Å². The molecule has 0 radical (unpaired) electrons. The van der Waals surface area contributed by atoms with Crippen LogP contribution >= 0.6 is 0 Å². The molecule has 12 heteroatoms. The van der Waals surface area contributed by atoms with Gasteiger partial charge in [-0.2, -0.15) is 0 Å². The molecule has 0 aliphatic heterocycles. The number of methoxy groups -OCH3 is 3. The summed E-state index contributed by atoms with van der Waals surface area (Å²) in [6.45, 7) is 1.34. The number of aliphatic hydroxyl groups excluding tert-OH is 1. The largest absolute Gasteiger partial charge is 0.497 e. The number of halogens is 1. The van der Waals surface area contributed by atoms with Crippen LogP contribution in [0.3, 0.4) is 0 Å². The van der Waals surface area contributed by atoms with Gasteiger partial charge in [0.2, 0.25) is 16.0 Å². The molecule has 0 bridgehead atoms. The Morgan fingerprint density at radius 3 is 2.16 bits per heavy atom. The van der Waals surface area contributed by atoms with E-state index in [0.717, 1.165) is 12.1 Å². The fourth-order valence-electron chi connectivity index (χ4n) is 3.88. The minimum absolute atomic E-state index is 0.163. The van der Waals surface area contributed by atoms with Gasteiger partial charge in [0.15, 0.2) is 5.82 Å². The Kier molecular flexibility index (Phi) is 7.83. The van der Waals surface area contributed by atoms with Crippen molar-refractivity contribution >= 4 is 16.0 Å². The molecule has 0 aliphatic carbocycles.